The average Bonchev–Trinajstić information content (AvgIpc) is 2.63. The summed E-state index contributed by atoms with van der Waals surface area (Å²) in [5.74, 6) is 0.980. The van der Waals surface area contributed by atoms with E-state index in [1.807, 2.05) is 0 Å². The van der Waals surface area contributed by atoms with Crippen LogP contribution in [0.15, 0.2) is 0 Å². The van der Waals surface area contributed by atoms with E-state index >= 15 is 0 Å². The predicted octanol–water partition coefficient (Wildman–Crippen LogP) is 2.56. The molecule has 0 aromatic rings. The lowest BCUT2D eigenvalue weighted by Crippen LogP contribution is -2.38. The molecule has 3 heteroatoms. The van der Waals surface area contributed by atoms with Gasteiger partial charge in [-0.25, -0.2) is 0 Å². The van der Waals surface area contributed by atoms with Crippen LogP contribution in [-0.2, 0) is 4.74 Å². The van der Waals surface area contributed by atoms with Crippen molar-refractivity contribution in [3.8, 4) is 0 Å². The Bertz CT molecular complexity index is 179. The first-order chi connectivity index (χ1) is 8.83. The minimum Gasteiger partial charge on any atom is -0.383 e. The van der Waals surface area contributed by atoms with Gasteiger partial charge in [0.15, 0.2) is 0 Å². The largest absolute Gasteiger partial charge is 0.383 e. The Labute approximate surface area is 113 Å². The van der Waals surface area contributed by atoms with Crippen LogP contribution in [0.2, 0.25) is 0 Å². The van der Waals surface area contributed by atoms with Gasteiger partial charge in [0.25, 0.3) is 0 Å². The molecule has 1 rings (SSSR count). The van der Waals surface area contributed by atoms with Gasteiger partial charge in [0.2, 0.25) is 0 Å². The van der Waals surface area contributed by atoms with Gasteiger partial charge in [0.05, 0.1) is 6.61 Å². The van der Waals surface area contributed by atoms with Crippen molar-refractivity contribution in [1.29, 1.82) is 0 Å². The second kappa shape index (κ2) is 10.8. The summed E-state index contributed by atoms with van der Waals surface area (Å²) in [6.45, 7) is 6.22. The van der Waals surface area contributed by atoms with Crippen molar-refractivity contribution < 1.29 is 4.74 Å². The molecule has 0 bridgehead atoms. The number of nitrogens with one attached hydrogen (secondary N) is 2. The van der Waals surface area contributed by atoms with Crippen LogP contribution in [0, 0.1) is 5.92 Å². The molecule has 1 unspecified atom stereocenters. The van der Waals surface area contributed by atoms with Gasteiger partial charge in [-0.1, -0.05) is 38.5 Å². The standard InChI is InChI=1S/C15H32N2O/c1-14(13-16-11-12-18-2)17-10-9-15-7-5-3-4-6-8-15/h14-17H,3-13H2,1-2H3. The summed E-state index contributed by atoms with van der Waals surface area (Å²) < 4.78 is 5.01. The summed E-state index contributed by atoms with van der Waals surface area (Å²) >= 11 is 0. The van der Waals surface area contributed by atoms with Crippen molar-refractivity contribution in [2.45, 2.75) is 57.9 Å². The maximum atomic E-state index is 5.01. The molecule has 1 saturated carbocycles. The molecule has 1 aliphatic carbocycles. The van der Waals surface area contributed by atoms with E-state index in [1.54, 1.807) is 7.11 Å². The van der Waals surface area contributed by atoms with Crippen LogP contribution in [0.3, 0.4) is 0 Å². The molecule has 0 aliphatic heterocycles. The third kappa shape index (κ3) is 8.06. The quantitative estimate of drug-likeness (QED) is 0.491. The third-order valence-electron chi connectivity index (χ3n) is 3.95. The van der Waals surface area contributed by atoms with Gasteiger partial charge in [0, 0.05) is 26.2 Å². The molecular weight excluding hydrogens is 224 g/mol. The van der Waals surface area contributed by atoms with Crippen molar-refractivity contribution in [1.82, 2.24) is 10.6 Å². The molecule has 0 radical (unpaired) electrons. The first kappa shape index (κ1) is 15.9. The van der Waals surface area contributed by atoms with Gasteiger partial charge in [-0.15, -0.1) is 0 Å². The fourth-order valence-corrected chi connectivity index (χ4v) is 2.75. The summed E-state index contributed by atoms with van der Waals surface area (Å²) in [6.07, 6.45) is 10.1. The Morgan fingerprint density at radius 1 is 1.11 bits per heavy atom. The molecule has 108 valence electrons. The van der Waals surface area contributed by atoms with Gasteiger partial charge in [-0.05, 0) is 25.8 Å². The Morgan fingerprint density at radius 3 is 2.50 bits per heavy atom. The molecule has 2 N–H and O–H groups in total. The lowest BCUT2D eigenvalue weighted by molar-refractivity contribution is 0.198. The van der Waals surface area contributed by atoms with E-state index in [4.69, 9.17) is 4.74 Å². The number of methoxy groups -OCH3 is 1. The van der Waals surface area contributed by atoms with Crippen molar-refractivity contribution in [3.63, 3.8) is 0 Å². The highest BCUT2D eigenvalue weighted by molar-refractivity contribution is 4.69. The van der Waals surface area contributed by atoms with E-state index in [2.05, 4.69) is 17.6 Å². The van der Waals surface area contributed by atoms with Gasteiger partial charge >= 0.3 is 0 Å². The fourth-order valence-electron chi connectivity index (χ4n) is 2.75. The zero-order chi connectivity index (χ0) is 13.1. The molecular formula is C15H32N2O. The molecule has 1 fully saturated rings. The topological polar surface area (TPSA) is 33.3 Å². The van der Waals surface area contributed by atoms with Gasteiger partial charge in [-0.2, -0.15) is 0 Å². The van der Waals surface area contributed by atoms with E-state index < -0.39 is 0 Å². The first-order valence-electron chi connectivity index (χ1n) is 7.76. The molecule has 0 heterocycles. The van der Waals surface area contributed by atoms with Crippen molar-refractivity contribution in [3.05, 3.63) is 0 Å². The summed E-state index contributed by atoms with van der Waals surface area (Å²) in [7, 11) is 1.75. The second-order valence-corrected chi connectivity index (χ2v) is 5.70. The molecule has 1 atom stereocenters. The van der Waals surface area contributed by atoms with Crippen molar-refractivity contribution in [2.24, 2.45) is 5.92 Å². The predicted molar refractivity (Wildman–Crippen MR) is 78.0 cm³/mol. The molecule has 0 amide bonds. The highest BCUT2D eigenvalue weighted by Crippen LogP contribution is 2.24. The number of ether oxygens (including phenoxy) is 1. The molecule has 18 heavy (non-hydrogen) atoms. The van der Waals surface area contributed by atoms with Crippen LogP contribution in [0.25, 0.3) is 0 Å². The van der Waals surface area contributed by atoms with Crippen LogP contribution >= 0.6 is 0 Å². The first-order valence-corrected chi connectivity index (χ1v) is 7.76. The van der Waals surface area contributed by atoms with E-state index in [0.717, 1.165) is 25.6 Å². The van der Waals surface area contributed by atoms with Crippen LogP contribution in [0.5, 0.6) is 0 Å². The highest BCUT2D eigenvalue weighted by Gasteiger charge is 2.12. The third-order valence-corrected chi connectivity index (χ3v) is 3.95. The maximum Gasteiger partial charge on any atom is 0.0587 e. The monoisotopic (exact) mass is 256 g/mol. The molecule has 0 saturated heterocycles. The Morgan fingerprint density at radius 2 is 1.83 bits per heavy atom. The van der Waals surface area contributed by atoms with E-state index in [1.165, 1.54) is 51.5 Å². The summed E-state index contributed by atoms with van der Waals surface area (Å²) in [6, 6.07) is 0.563. The molecule has 0 aromatic carbocycles. The molecule has 3 nitrogen and oxygen atoms in total. The summed E-state index contributed by atoms with van der Waals surface area (Å²) in [5.41, 5.74) is 0. The smallest absolute Gasteiger partial charge is 0.0587 e. The van der Waals surface area contributed by atoms with Crippen LogP contribution in [0.4, 0.5) is 0 Å². The average molecular weight is 256 g/mol. The zero-order valence-corrected chi connectivity index (χ0v) is 12.3. The van der Waals surface area contributed by atoms with Crippen LogP contribution in [0.1, 0.15) is 51.9 Å². The Balaban J connectivity index is 1.95. The van der Waals surface area contributed by atoms with E-state index in [0.29, 0.717) is 6.04 Å². The minimum atomic E-state index is 0.563. The summed E-state index contributed by atoms with van der Waals surface area (Å²) in [4.78, 5) is 0. The Hall–Kier alpha value is -0.120. The molecule has 1 aliphatic rings. The number of hydrogen-bond donors (Lipinski definition) is 2. The second-order valence-electron chi connectivity index (χ2n) is 5.70. The van der Waals surface area contributed by atoms with Crippen molar-refractivity contribution in [2.75, 3.05) is 33.4 Å². The van der Waals surface area contributed by atoms with Gasteiger partial charge in [0.1, 0.15) is 0 Å². The van der Waals surface area contributed by atoms with Crippen molar-refractivity contribution >= 4 is 0 Å². The highest BCUT2D eigenvalue weighted by atomic mass is 16.5. The minimum absolute atomic E-state index is 0.563. The Kier molecular flexibility index (Phi) is 9.54. The van der Waals surface area contributed by atoms with Crippen LogP contribution < -0.4 is 10.6 Å². The SMILES string of the molecule is COCCNCC(C)NCCC1CCCCCC1. The normalized spacial score (nSPS) is 19.7. The lowest BCUT2D eigenvalue weighted by Gasteiger charge is -2.18. The van der Waals surface area contributed by atoms with E-state index in [-0.39, 0.29) is 0 Å². The number of hydrogen-bond acceptors (Lipinski definition) is 3. The number of rotatable bonds is 9. The maximum absolute atomic E-state index is 5.01. The lowest BCUT2D eigenvalue weighted by atomic mass is 9.96. The fraction of sp³-hybridized carbons (Fsp3) is 1.00. The van der Waals surface area contributed by atoms with Gasteiger partial charge < -0.3 is 15.4 Å². The molecule has 0 aromatic heterocycles. The van der Waals surface area contributed by atoms with Gasteiger partial charge in [-0.3, -0.25) is 0 Å². The zero-order valence-electron chi connectivity index (χ0n) is 12.3. The van der Waals surface area contributed by atoms with E-state index in [9.17, 15) is 0 Å². The molecule has 0 spiro atoms. The van der Waals surface area contributed by atoms with Crippen LogP contribution in [-0.4, -0.2) is 39.4 Å². The summed E-state index contributed by atoms with van der Waals surface area (Å²) in [5, 5.41) is 7.02.